The topological polar surface area (TPSA) is 105 Å². The summed E-state index contributed by atoms with van der Waals surface area (Å²) < 4.78 is 31.2. The van der Waals surface area contributed by atoms with Crippen LogP contribution in [0.5, 0.6) is 11.5 Å². The van der Waals surface area contributed by atoms with Crippen LogP contribution in [-0.2, 0) is 14.6 Å². The lowest BCUT2D eigenvalue weighted by Gasteiger charge is -2.36. The summed E-state index contributed by atoms with van der Waals surface area (Å²) in [5.74, 6) is 0.364. The molecule has 1 amide bonds. The number of aryl methyl sites for hydroxylation is 1. The number of halogens is 2. The Labute approximate surface area is 187 Å². The van der Waals surface area contributed by atoms with Crippen molar-refractivity contribution in [1.29, 1.82) is 0 Å². The van der Waals surface area contributed by atoms with Crippen LogP contribution in [0, 0.1) is 6.92 Å². The number of rotatable bonds is 6. The molecule has 1 aliphatic rings. The summed E-state index contributed by atoms with van der Waals surface area (Å²) in [6.45, 7) is 2.83. The van der Waals surface area contributed by atoms with Crippen LogP contribution < -0.4 is 15.5 Å². The van der Waals surface area contributed by atoms with Crippen LogP contribution >= 0.6 is 24.0 Å². The standard InChI is InChI=1S/C20H23ClN2O5S.ClH/c1-14-12-16(4-7-18(14)21)28-15-2-5-17(6-3-15)29(26,27)20(13-19(24)23-25)8-10-22-11-9-20;/h2-7,12,22,25H,8-11,13H2,1H3,(H,23,24);1H. The first-order valence-electron chi connectivity index (χ1n) is 9.20. The average molecular weight is 475 g/mol. The van der Waals surface area contributed by atoms with Crippen molar-refractivity contribution in [3.05, 3.63) is 53.1 Å². The molecule has 3 rings (SSSR count). The number of carbonyl (C=O) groups excluding carboxylic acids is 1. The predicted molar refractivity (Wildman–Crippen MR) is 117 cm³/mol. The average Bonchev–Trinajstić information content (AvgIpc) is 2.71. The molecule has 30 heavy (non-hydrogen) atoms. The van der Waals surface area contributed by atoms with Gasteiger partial charge in [0.2, 0.25) is 5.91 Å². The summed E-state index contributed by atoms with van der Waals surface area (Å²) in [6.07, 6.45) is 0.270. The van der Waals surface area contributed by atoms with E-state index in [4.69, 9.17) is 21.5 Å². The minimum Gasteiger partial charge on any atom is -0.457 e. The van der Waals surface area contributed by atoms with Gasteiger partial charge in [-0.1, -0.05) is 11.6 Å². The van der Waals surface area contributed by atoms with Crippen molar-refractivity contribution in [2.75, 3.05) is 13.1 Å². The minimum absolute atomic E-state index is 0. The van der Waals surface area contributed by atoms with Crippen LogP contribution in [0.15, 0.2) is 47.4 Å². The minimum atomic E-state index is -3.82. The molecule has 0 unspecified atom stereocenters. The van der Waals surface area contributed by atoms with Crippen molar-refractivity contribution >= 4 is 39.8 Å². The Kier molecular flexibility index (Phi) is 8.13. The summed E-state index contributed by atoms with van der Waals surface area (Å²) in [5, 5.41) is 12.6. The molecule has 0 spiro atoms. The maximum absolute atomic E-state index is 13.4. The number of benzene rings is 2. The van der Waals surface area contributed by atoms with Gasteiger partial charge in [0.1, 0.15) is 11.5 Å². The monoisotopic (exact) mass is 474 g/mol. The Hall–Kier alpha value is -1.84. The SMILES string of the molecule is Cc1cc(Oc2ccc(S(=O)(=O)C3(CC(=O)NO)CCNCC3)cc2)ccc1Cl.Cl. The van der Waals surface area contributed by atoms with Crippen molar-refractivity contribution in [2.45, 2.75) is 35.8 Å². The number of amides is 1. The van der Waals surface area contributed by atoms with Crippen LogP contribution in [0.2, 0.25) is 5.02 Å². The van der Waals surface area contributed by atoms with Crippen molar-refractivity contribution in [2.24, 2.45) is 0 Å². The maximum Gasteiger partial charge on any atom is 0.244 e. The normalized spacial score (nSPS) is 15.7. The van der Waals surface area contributed by atoms with Gasteiger partial charge in [-0.2, -0.15) is 0 Å². The number of ether oxygens (including phenoxy) is 1. The number of hydrogen-bond donors (Lipinski definition) is 3. The predicted octanol–water partition coefficient (Wildman–Crippen LogP) is 3.65. The molecule has 1 saturated heterocycles. The molecule has 2 aromatic rings. The van der Waals surface area contributed by atoms with E-state index in [1.165, 1.54) is 12.1 Å². The highest BCUT2D eigenvalue weighted by Crippen LogP contribution is 2.37. The van der Waals surface area contributed by atoms with E-state index < -0.39 is 20.5 Å². The van der Waals surface area contributed by atoms with Gasteiger partial charge in [0.25, 0.3) is 0 Å². The van der Waals surface area contributed by atoms with E-state index in [-0.39, 0.29) is 36.6 Å². The Morgan fingerprint density at radius 3 is 2.33 bits per heavy atom. The Bertz CT molecular complexity index is 991. The molecule has 1 heterocycles. The fraction of sp³-hybridized carbons (Fsp3) is 0.350. The molecule has 0 aromatic heterocycles. The smallest absolute Gasteiger partial charge is 0.244 e. The van der Waals surface area contributed by atoms with E-state index in [2.05, 4.69) is 5.32 Å². The second-order valence-electron chi connectivity index (χ2n) is 7.13. The van der Waals surface area contributed by atoms with E-state index in [1.54, 1.807) is 35.8 Å². The van der Waals surface area contributed by atoms with Gasteiger partial charge >= 0.3 is 0 Å². The van der Waals surface area contributed by atoms with Gasteiger partial charge in [-0.05, 0) is 80.9 Å². The lowest BCUT2D eigenvalue weighted by Crippen LogP contribution is -2.50. The molecule has 0 saturated carbocycles. The Morgan fingerprint density at radius 2 is 1.77 bits per heavy atom. The summed E-state index contributed by atoms with van der Waals surface area (Å²) >= 11 is 6.02. The largest absolute Gasteiger partial charge is 0.457 e. The van der Waals surface area contributed by atoms with Gasteiger partial charge in [0.15, 0.2) is 9.84 Å². The number of hydrogen-bond acceptors (Lipinski definition) is 6. The van der Waals surface area contributed by atoms with Gasteiger partial charge in [0.05, 0.1) is 9.64 Å². The Balaban J connectivity index is 0.00000320. The zero-order chi connectivity index (χ0) is 21.1. The summed E-state index contributed by atoms with van der Waals surface area (Å²) in [6, 6.07) is 11.4. The third-order valence-electron chi connectivity index (χ3n) is 5.19. The zero-order valence-electron chi connectivity index (χ0n) is 16.4. The fourth-order valence-electron chi connectivity index (χ4n) is 3.51. The molecule has 2 aromatic carbocycles. The molecule has 0 atom stereocenters. The molecule has 1 aliphatic heterocycles. The summed E-state index contributed by atoms with van der Waals surface area (Å²) in [4.78, 5) is 11.9. The quantitative estimate of drug-likeness (QED) is 0.435. The molecule has 0 radical (unpaired) electrons. The molecule has 0 bridgehead atoms. The highest BCUT2D eigenvalue weighted by atomic mass is 35.5. The van der Waals surface area contributed by atoms with E-state index in [0.717, 1.165) is 5.56 Å². The number of sulfone groups is 1. The first kappa shape index (κ1) is 24.4. The highest BCUT2D eigenvalue weighted by molar-refractivity contribution is 7.92. The van der Waals surface area contributed by atoms with Crippen LogP contribution in [0.25, 0.3) is 0 Å². The van der Waals surface area contributed by atoms with Crippen LogP contribution in [0.3, 0.4) is 0 Å². The van der Waals surface area contributed by atoms with Gasteiger partial charge in [-0.3, -0.25) is 10.0 Å². The molecule has 7 nitrogen and oxygen atoms in total. The van der Waals surface area contributed by atoms with Crippen molar-refractivity contribution in [1.82, 2.24) is 10.8 Å². The second-order valence-corrected chi connectivity index (χ2v) is 9.88. The van der Waals surface area contributed by atoms with Crippen LogP contribution in [0.1, 0.15) is 24.8 Å². The van der Waals surface area contributed by atoms with E-state index in [9.17, 15) is 13.2 Å². The summed E-state index contributed by atoms with van der Waals surface area (Å²) in [7, 11) is -3.82. The number of hydroxylamine groups is 1. The Morgan fingerprint density at radius 1 is 1.17 bits per heavy atom. The molecular formula is C20H24Cl2N2O5S. The van der Waals surface area contributed by atoms with E-state index in [1.807, 2.05) is 6.92 Å². The fourth-order valence-corrected chi connectivity index (χ4v) is 5.68. The van der Waals surface area contributed by atoms with Gasteiger partial charge in [-0.25, -0.2) is 13.9 Å². The first-order valence-corrected chi connectivity index (χ1v) is 11.1. The van der Waals surface area contributed by atoms with Gasteiger partial charge in [-0.15, -0.1) is 12.4 Å². The lowest BCUT2D eigenvalue weighted by molar-refractivity contribution is -0.130. The van der Waals surface area contributed by atoms with Crippen molar-refractivity contribution < 1.29 is 23.2 Å². The molecule has 10 heteroatoms. The molecule has 3 N–H and O–H groups in total. The van der Waals surface area contributed by atoms with Gasteiger partial charge < -0.3 is 10.1 Å². The highest BCUT2D eigenvalue weighted by Gasteiger charge is 2.46. The third kappa shape index (κ3) is 5.07. The van der Waals surface area contributed by atoms with E-state index in [0.29, 0.717) is 29.6 Å². The zero-order valence-corrected chi connectivity index (χ0v) is 18.7. The first-order chi connectivity index (χ1) is 13.8. The number of nitrogens with one attached hydrogen (secondary N) is 2. The van der Waals surface area contributed by atoms with E-state index >= 15 is 0 Å². The lowest BCUT2D eigenvalue weighted by atomic mass is 9.93. The molecule has 1 fully saturated rings. The number of piperidine rings is 1. The maximum atomic E-state index is 13.4. The molecular weight excluding hydrogens is 451 g/mol. The second kappa shape index (κ2) is 9.98. The molecule has 164 valence electrons. The van der Waals surface area contributed by atoms with Crippen molar-refractivity contribution in [3.8, 4) is 11.5 Å². The summed E-state index contributed by atoms with van der Waals surface area (Å²) in [5.41, 5.74) is 2.43. The van der Waals surface area contributed by atoms with Crippen molar-refractivity contribution in [3.63, 3.8) is 0 Å². The van der Waals surface area contributed by atoms with Crippen LogP contribution in [-0.4, -0.2) is 37.4 Å². The van der Waals surface area contributed by atoms with Crippen LogP contribution in [0.4, 0.5) is 0 Å². The van der Waals surface area contributed by atoms with Gasteiger partial charge in [0, 0.05) is 11.4 Å². The third-order valence-corrected chi connectivity index (χ3v) is 8.20. The number of carbonyl (C=O) groups is 1. The molecule has 0 aliphatic carbocycles.